The summed E-state index contributed by atoms with van der Waals surface area (Å²) in [6, 6.07) is 0. The van der Waals surface area contributed by atoms with Gasteiger partial charge < -0.3 is 4.90 Å². The molecule has 0 aromatic rings. The Labute approximate surface area is 97.5 Å². The fraction of sp³-hybridized carbons (Fsp3) is 0.692. The third-order valence-electron chi connectivity index (χ3n) is 2.71. The normalized spacial score (nSPS) is 18.9. The fourth-order valence-electron chi connectivity index (χ4n) is 1.72. The molecule has 0 spiro atoms. The van der Waals surface area contributed by atoms with Crippen LogP contribution < -0.4 is 0 Å². The molecule has 0 saturated heterocycles. The topological polar surface area (TPSA) is 37.4 Å². The number of hydrogen-bond acceptors (Lipinski definition) is 2. The number of carbonyl (C=O) groups is 2. The van der Waals surface area contributed by atoms with Gasteiger partial charge in [-0.2, -0.15) is 0 Å². The van der Waals surface area contributed by atoms with Crippen molar-refractivity contribution in [3.8, 4) is 0 Å². The van der Waals surface area contributed by atoms with E-state index < -0.39 is 0 Å². The van der Waals surface area contributed by atoms with Gasteiger partial charge in [0, 0.05) is 11.1 Å². The van der Waals surface area contributed by atoms with E-state index in [1.165, 1.54) is 6.08 Å². The van der Waals surface area contributed by atoms with Crippen LogP contribution in [0.15, 0.2) is 11.6 Å². The number of carbonyl (C=O) groups excluding carboxylic acids is 2. The van der Waals surface area contributed by atoms with E-state index >= 15 is 0 Å². The maximum atomic E-state index is 12.3. The highest BCUT2D eigenvalue weighted by atomic mass is 16.2. The Morgan fingerprint density at radius 2 is 1.56 bits per heavy atom. The van der Waals surface area contributed by atoms with Crippen molar-refractivity contribution < 1.29 is 9.59 Å². The van der Waals surface area contributed by atoms with Gasteiger partial charge in [-0.25, -0.2) is 0 Å². The summed E-state index contributed by atoms with van der Waals surface area (Å²) in [7, 11) is 0. The van der Waals surface area contributed by atoms with Crippen LogP contribution in [-0.4, -0.2) is 28.7 Å². The third-order valence-corrected chi connectivity index (χ3v) is 2.71. The van der Waals surface area contributed by atoms with Crippen LogP contribution in [0.3, 0.4) is 0 Å². The molecular formula is C13H21NO2. The van der Waals surface area contributed by atoms with Gasteiger partial charge in [-0.05, 0) is 32.3 Å². The number of ketones is 1. The van der Waals surface area contributed by atoms with Crippen molar-refractivity contribution in [2.24, 2.45) is 5.41 Å². The van der Waals surface area contributed by atoms with Crippen LogP contribution >= 0.6 is 0 Å². The van der Waals surface area contributed by atoms with Gasteiger partial charge in [0.05, 0.1) is 6.54 Å². The molecule has 0 radical (unpaired) electrons. The van der Waals surface area contributed by atoms with Gasteiger partial charge in [-0.1, -0.05) is 20.8 Å². The van der Waals surface area contributed by atoms with Crippen LogP contribution in [0.4, 0.5) is 0 Å². The van der Waals surface area contributed by atoms with Crippen molar-refractivity contribution >= 4 is 11.7 Å². The monoisotopic (exact) mass is 223 g/mol. The number of hydrogen-bond donors (Lipinski definition) is 0. The second-order valence-corrected chi connectivity index (χ2v) is 6.34. The molecule has 1 rings (SSSR count). The van der Waals surface area contributed by atoms with Gasteiger partial charge in [-0.3, -0.25) is 9.59 Å². The Morgan fingerprint density at radius 1 is 1.06 bits per heavy atom. The molecule has 90 valence electrons. The first-order valence-electron chi connectivity index (χ1n) is 5.60. The molecule has 1 aliphatic heterocycles. The highest BCUT2D eigenvalue weighted by molar-refractivity contribution is 6.08. The molecule has 0 unspecified atom stereocenters. The molecule has 0 aromatic heterocycles. The Kier molecular flexibility index (Phi) is 3.01. The quantitative estimate of drug-likeness (QED) is 0.631. The molecule has 1 aliphatic rings. The minimum Gasteiger partial charge on any atom is -0.326 e. The van der Waals surface area contributed by atoms with E-state index in [1.54, 1.807) is 4.90 Å². The van der Waals surface area contributed by atoms with Crippen molar-refractivity contribution in [3.63, 3.8) is 0 Å². The average molecular weight is 223 g/mol. The molecule has 1 heterocycles. The molecule has 0 N–H and O–H groups in total. The van der Waals surface area contributed by atoms with Crippen molar-refractivity contribution in [3.05, 3.63) is 11.6 Å². The van der Waals surface area contributed by atoms with Crippen LogP contribution in [-0.2, 0) is 9.59 Å². The predicted octanol–water partition coefficient (Wildman–Crippen LogP) is 2.17. The molecule has 3 nitrogen and oxygen atoms in total. The Balaban J connectivity index is 3.15. The van der Waals surface area contributed by atoms with Gasteiger partial charge in [-0.15, -0.1) is 0 Å². The first-order chi connectivity index (χ1) is 7.03. The molecule has 0 fully saturated rings. The fourth-order valence-corrected chi connectivity index (χ4v) is 1.72. The van der Waals surface area contributed by atoms with Crippen molar-refractivity contribution in [1.29, 1.82) is 0 Å². The number of nitrogens with zero attached hydrogens (tertiary/aromatic N) is 1. The summed E-state index contributed by atoms with van der Waals surface area (Å²) in [6.45, 7) is 11.9. The van der Waals surface area contributed by atoms with Gasteiger partial charge in [0.2, 0.25) is 0 Å². The van der Waals surface area contributed by atoms with Crippen LogP contribution in [0.2, 0.25) is 0 Å². The second-order valence-electron chi connectivity index (χ2n) is 6.34. The van der Waals surface area contributed by atoms with Gasteiger partial charge >= 0.3 is 0 Å². The van der Waals surface area contributed by atoms with Crippen LogP contribution in [0, 0.1) is 5.41 Å². The molecule has 3 heteroatoms. The van der Waals surface area contributed by atoms with E-state index in [1.807, 2.05) is 41.5 Å². The third kappa shape index (κ3) is 2.52. The van der Waals surface area contributed by atoms with E-state index in [0.717, 1.165) is 0 Å². The molecule has 0 aliphatic carbocycles. The van der Waals surface area contributed by atoms with E-state index in [2.05, 4.69) is 0 Å². The first-order valence-corrected chi connectivity index (χ1v) is 5.60. The van der Waals surface area contributed by atoms with Crippen molar-refractivity contribution in [1.82, 2.24) is 4.90 Å². The Morgan fingerprint density at radius 3 is 1.94 bits per heavy atom. The SMILES string of the molecule is CC(C)(C)C1=CC(=O)CN(C(C)(C)C)C1=O. The highest BCUT2D eigenvalue weighted by Crippen LogP contribution is 2.31. The molecule has 16 heavy (non-hydrogen) atoms. The molecule has 0 saturated carbocycles. The molecule has 0 atom stereocenters. The summed E-state index contributed by atoms with van der Waals surface area (Å²) in [5.74, 6) is -0.000880. The highest BCUT2D eigenvalue weighted by Gasteiger charge is 2.37. The maximum absolute atomic E-state index is 12.3. The lowest BCUT2D eigenvalue weighted by atomic mass is 9.82. The summed E-state index contributed by atoms with van der Waals surface area (Å²) < 4.78 is 0. The van der Waals surface area contributed by atoms with E-state index in [4.69, 9.17) is 0 Å². The van der Waals surface area contributed by atoms with Crippen LogP contribution in [0.5, 0.6) is 0 Å². The van der Waals surface area contributed by atoms with Gasteiger partial charge in [0.1, 0.15) is 0 Å². The van der Waals surface area contributed by atoms with Gasteiger partial charge in [0.25, 0.3) is 5.91 Å². The lowest BCUT2D eigenvalue weighted by Gasteiger charge is -2.40. The van der Waals surface area contributed by atoms with Crippen LogP contribution in [0.25, 0.3) is 0 Å². The van der Waals surface area contributed by atoms with Crippen molar-refractivity contribution in [2.45, 2.75) is 47.1 Å². The molecule has 0 aromatic carbocycles. The second kappa shape index (κ2) is 3.72. The number of amides is 1. The molecular weight excluding hydrogens is 202 g/mol. The summed E-state index contributed by atoms with van der Waals surface area (Å²) in [5.41, 5.74) is 0.0208. The smallest absolute Gasteiger partial charge is 0.251 e. The Hall–Kier alpha value is -1.12. The van der Waals surface area contributed by atoms with Crippen LogP contribution in [0.1, 0.15) is 41.5 Å². The maximum Gasteiger partial charge on any atom is 0.251 e. The summed E-state index contributed by atoms with van der Waals surface area (Å²) in [5, 5.41) is 0. The lowest BCUT2D eigenvalue weighted by Crippen LogP contribution is -2.52. The zero-order valence-corrected chi connectivity index (χ0v) is 11.0. The molecule has 1 amide bonds. The summed E-state index contributed by atoms with van der Waals surface area (Å²) >= 11 is 0. The summed E-state index contributed by atoms with van der Waals surface area (Å²) in [6.07, 6.45) is 1.50. The van der Waals surface area contributed by atoms with E-state index in [0.29, 0.717) is 5.57 Å². The van der Waals surface area contributed by atoms with E-state index in [-0.39, 0.29) is 29.2 Å². The van der Waals surface area contributed by atoms with Gasteiger partial charge in [0.15, 0.2) is 5.78 Å². The minimum absolute atomic E-state index is 0.0134. The zero-order chi connectivity index (χ0) is 12.7. The Bertz CT molecular complexity index is 353. The zero-order valence-electron chi connectivity index (χ0n) is 11.0. The largest absolute Gasteiger partial charge is 0.326 e. The van der Waals surface area contributed by atoms with Crippen molar-refractivity contribution in [2.75, 3.05) is 6.54 Å². The standard InChI is InChI=1S/C13H21NO2/c1-12(2,3)10-7-9(15)8-14(11(10)16)13(4,5)6/h7H,8H2,1-6H3. The molecule has 0 bridgehead atoms. The lowest BCUT2D eigenvalue weighted by molar-refractivity contribution is -0.138. The first kappa shape index (κ1) is 12.9. The minimum atomic E-state index is -0.308. The van der Waals surface area contributed by atoms with E-state index in [9.17, 15) is 9.59 Å². The average Bonchev–Trinajstić information content (AvgIpc) is 2.04. The summed E-state index contributed by atoms with van der Waals surface area (Å²) in [4.78, 5) is 25.6. The predicted molar refractivity (Wildman–Crippen MR) is 64.0 cm³/mol. The number of rotatable bonds is 0.